The van der Waals surface area contributed by atoms with Crippen LogP contribution >= 0.6 is 0 Å². The molecule has 140 valence electrons. The van der Waals surface area contributed by atoms with Crippen LogP contribution in [0.15, 0.2) is 72.8 Å². The van der Waals surface area contributed by atoms with Crippen molar-refractivity contribution in [1.82, 2.24) is 0 Å². The molecule has 0 aliphatic heterocycles. The van der Waals surface area contributed by atoms with Crippen molar-refractivity contribution in [3.8, 4) is 0 Å². The number of hydrogen-bond donors (Lipinski definition) is 0. The maximum Gasteiger partial charge on any atom is 0 e. The van der Waals surface area contributed by atoms with Gasteiger partial charge in [-0.25, -0.2) is 12.1 Å². The number of rotatable bonds is 0. The van der Waals surface area contributed by atoms with Gasteiger partial charge >= 0.3 is 0 Å². The minimum absolute atomic E-state index is 0. The summed E-state index contributed by atoms with van der Waals surface area (Å²) >= 11 is 0. The van der Waals surface area contributed by atoms with Crippen molar-refractivity contribution in [1.29, 1.82) is 0 Å². The molecule has 0 fully saturated rings. The Bertz CT molecular complexity index is 901. The quantitative estimate of drug-likeness (QED) is 0.164. The molecule has 0 N–H and O–H groups in total. The van der Waals surface area contributed by atoms with Crippen LogP contribution in [-0.4, -0.2) is 0 Å². The molecule has 0 nitrogen and oxygen atoms in total. The van der Waals surface area contributed by atoms with Gasteiger partial charge in [0, 0.05) is 25.8 Å². The monoisotopic (exact) mass is 522 g/mol. The Hall–Kier alpha value is -1.47. The summed E-state index contributed by atoms with van der Waals surface area (Å²) in [6.07, 6.45) is 0. The fourth-order valence-corrected chi connectivity index (χ4v) is 3.28. The van der Waals surface area contributed by atoms with E-state index in [2.05, 4.69) is 84.0 Å². The fourth-order valence-electron chi connectivity index (χ4n) is 3.28. The Morgan fingerprint density at radius 1 is 0.630 bits per heavy atom. The molecule has 27 heavy (non-hydrogen) atoms. The van der Waals surface area contributed by atoms with E-state index in [-0.39, 0.29) is 36.7 Å². The van der Waals surface area contributed by atoms with Crippen molar-refractivity contribution in [3.63, 3.8) is 0 Å². The molecule has 0 aliphatic carbocycles. The molecule has 0 radical (unpaired) electrons. The average Bonchev–Trinajstić information content (AvgIpc) is 3.23. The van der Waals surface area contributed by atoms with Crippen LogP contribution in [-0.2, 0) is 36.7 Å². The van der Waals surface area contributed by atoms with E-state index in [4.69, 9.17) is 0 Å². The first-order chi connectivity index (χ1) is 12.2. The van der Waals surface area contributed by atoms with Gasteiger partial charge in [-0.2, -0.15) is 18.2 Å². The Labute approximate surface area is 183 Å². The van der Waals surface area contributed by atoms with Crippen LogP contribution in [0.5, 0.6) is 0 Å². The van der Waals surface area contributed by atoms with Gasteiger partial charge in [-0.3, -0.25) is 0 Å². The third-order valence-corrected chi connectivity index (χ3v) is 4.99. The van der Waals surface area contributed by atoms with Crippen molar-refractivity contribution < 1.29 is 25.8 Å². The number of fused-ring (bicyclic) bond motifs is 3. The molecule has 4 rings (SSSR count). The summed E-state index contributed by atoms with van der Waals surface area (Å²) < 4.78 is 0. The SMILES string of the molecule is CC(C)(C)c1ccc2c(c1)[cH-]c1cc(C(C)(C)C)ccc12.[Hf].c1cc[cH-]c1. The van der Waals surface area contributed by atoms with Crippen LogP contribution in [0.3, 0.4) is 0 Å². The Morgan fingerprint density at radius 3 is 1.33 bits per heavy atom. The standard InChI is InChI=1S/C21H25.C5H5.Hf/c1-20(2,3)16-7-9-18-14(12-16)11-15-13-17(21(4,5)6)8-10-19(15)18;1-2-4-5-3-1;/h7-13H,1-6H3;1-5H;/q2*-1;. The van der Waals surface area contributed by atoms with Gasteiger partial charge in [-0.05, 0) is 10.8 Å². The third kappa shape index (κ3) is 5.08. The summed E-state index contributed by atoms with van der Waals surface area (Å²) in [7, 11) is 0. The van der Waals surface area contributed by atoms with Gasteiger partial charge in [0.05, 0.1) is 0 Å². The maximum absolute atomic E-state index is 2.35. The van der Waals surface area contributed by atoms with Crippen LogP contribution in [0.25, 0.3) is 21.5 Å². The third-order valence-electron chi connectivity index (χ3n) is 4.99. The van der Waals surface area contributed by atoms with E-state index in [1.165, 1.54) is 32.7 Å². The predicted octanol–water partition coefficient (Wildman–Crippen LogP) is 7.71. The Morgan fingerprint density at radius 2 is 1.04 bits per heavy atom. The molecule has 0 saturated heterocycles. The molecule has 1 heteroatoms. The van der Waals surface area contributed by atoms with Gasteiger partial charge < -0.3 is 0 Å². The zero-order valence-electron chi connectivity index (χ0n) is 17.4. The smallest absolute Gasteiger partial charge is 0 e. The molecular weight excluding hydrogens is 491 g/mol. The second kappa shape index (κ2) is 8.27. The van der Waals surface area contributed by atoms with E-state index < -0.39 is 0 Å². The molecule has 0 heterocycles. The van der Waals surface area contributed by atoms with Crippen LogP contribution in [0.2, 0.25) is 0 Å². The molecule has 4 aromatic rings. The summed E-state index contributed by atoms with van der Waals surface area (Å²) in [4.78, 5) is 0. The Balaban J connectivity index is 0.000000379. The zero-order chi connectivity index (χ0) is 18.9. The number of hydrogen-bond acceptors (Lipinski definition) is 0. The van der Waals surface area contributed by atoms with E-state index in [1.54, 1.807) is 0 Å². The van der Waals surface area contributed by atoms with E-state index in [1.807, 2.05) is 30.3 Å². The molecule has 0 saturated carbocycles. The van der Waals surface area contributed by atoms with Crippen molar-refractivity contribution in [2.24, 2.45) is 0 Å². The van der Waals surface area contributed by atoms with Gasteiger partial charge in [-0.15, -0.1) is 39.7 Å². The summed E-state index contributed by atoms with van der Waals surface area (Å²) in [6.45, 7) is 13.6. The van der Waals surface area contributed by atoms with Crippen LogP contribution in [0.1, 0.15) is 52.7 Å². The van der Waals surface area contributed by atoms with E-state index in [0.29, 0.717) is 0 Å². The topological polar surface area (TPSA) is 0 Å². The van der Waals surface area contributed by atoms with Crippen molar-refractivity contribution >= 4 is 21.5 Å². The van der Waals surface area contributed by atoms with Gasteiger partial charge in [0.2, 0.25) is 0 Å². The second-order valence-electron chi connectivity index (χ2n) is 9.21. The molecule has 0 amide bonds. The maximum atomic E-state index is 2.35. The van der Waals surface area contributed by atoms with Crippen LogP contribution < -0.4 is 0 Å². The number of benzene rings is 2. The van der Waals surface area contributed by atoms with Gasteiger partial charge in [-0.1, -0.05) is 76.9 Å². The molecular formula is C26H30Hf-2. The summed E-state index contributed by atoms with van der Waals surface area (Å²) in [5.41, 5.74) is 3.21. The van der Waals surface area contributed by atoms with E-state index in [0.717, 1.165) is 0 Å². The van der Waals surface area contributed by atoms with Crippen LogP contribution in [0.4, 0.5) is 0 Å². The average molecular weight is 521 g/mol. The van der Waals surface area contributed by atoms with Crippen LogP contribution in [0, 0.1) is 0 Å². The van der Waals surface area contributed by atoms with Gasteiger partial charge in [0.15, 0.2) is 0 Å². The normalized spacial score (nSPS) is 11.8. The molecule has 0 unspecified atom stereocenters. The Kier molecular flexibility index (Phi) is 6.68. The summed E-state index contributed by atoms with van der Waals surface area (Å²) in [5.74, 6) is 0. The first-order valence-corrected chi connectivity index (χ1v) is 9.47. The molecule has 0 aliphatic rings. The zero-order valence-corrected chi connectivity index (χ0v) is 21.0. The first-order valence-electron chi connectivity index (χ1n) is 9.47. The minimum atomic E-state index is 0. The summed E-state index contributed by atoms with van der Waals surface area (Å²) in [6, 6.07) is 26.2. The van der Waals surface area contributed by atoms with Crippen molar-refractivity contribution in [3.05, 3.63) is 83.9 Å². The summed E-state index contributed by atoms with van der Waals surface area (Å²) in [5, 5.41) is 5.48. The van der Waals surface area contributed by atoms with E-state index in [9.17, 15) is 0 Å². The molecule has 0 atom stereocenters. The van der Waals surface area contributed by atoms with Crippen molar-refractivity contribution in [2.45, 2.75) is 52.4 Å². The largest absolute Gasteiger partial charge is 0.214 e. The minimum Gasteiger partial charge on any atom is -0.214 e. The molecule has 0 spiro atoms. The molecule has 0 bridgehead atoms. The molecule has 0 aromatic heterocycles. The first kappa shape index (κ1) is 21.8. The van der Waals surface area contributed by atoms with Gasteiger partial charge in [0.1, 0.15) is 0 Å². The second-order valence-corrected chi connectivity index (χ2v) is 9.21. The molecule has 4 aromatic carbocycles. The fraction of sp³-hybridized carbons (Fsp3) is 0.308. The van der Waals surface area contributed by atoms with E-state index >= 15 is 0 Å². The predicted molar refractivity (Wildman–Crippen MR) is 116 cm³/mol. The van der Waals surface area contributed by atoms with Crippen molar-refractivity contribution in [2.75, 3.05) is 0 Å². The van der Waals surface area contributed by atoms with Gasteiger partial charge in [0.25, 0.3) is 0 Å².